The molecule has 1 fully saturated rings. The van der Waals surface area contributed by atoms with Gasteiger partial charge in [-0.15, -0.1) is 0 Å². The predicted octanol–water partition coefficient (Wildman–Crippen LogP) is -0.907. The molecule has 2 nitrogen and oxygen atoms in total. The third kappa shape index (κ3) is 1.20. The van der Waals surface area contributed by atoms with Crippen molar-refractivity contribution in [2.24, 2.45) is 0 Å². The van der Waals surface area contributed by atoms with Crippen LogP contribution in [-0.2, 0) is 0 Å². The summed E-state index contributed by atoms with van der Waals surface area (Å²) in [6.07, 6.45) is 2.46. The molecule has 0 aromatic heterocycles. The minimum Gasteiger partial charge on any atom is -0.390 e. The van der Waals surface area contributed by atoms with E-state index in [-0.39, 0.29) is 0 Å². The van der Waals surface area contributed by atoms with E-state index in [1.165, 1.54) is 12.8 Å². The van der Waals surface area contributed by atoms with Crippen molar-refractivity contribution in [2.45, 2.75) is 31.8 Å². The Morgan fingerprint density at radius 2 is 2.38 bits per heavy atom. The number of quaternary nitrogens is 1. The first-order valence-electron chi connectivity index (χ1n) is 3.28. The van der Waals surface area contributed by atoms with E-state index in [4.69, 9.17) is 5.11 Å². The number of hydrogen-bond acceptors (Lipinski definition) is 1. The van der Waals surface area contributed by atoms with E-state index < -0.39 is 0 Å². The maximum Gasteiger partial charge on any atom is 0.110 e. The van der Waals surface area contributed by atoms with Crippen LogP contribution < -0.4 is 5.32 Å². The second kappa shape index (κ2) is 2.46. The highest BCUT2D eigenvalue weighted by Crippen LogP contribution is 2.01. The maximum absolute atomic E-state index is 8.65. The van der Waals surface area contributed by atoms with Crippen molar-refractivity contribution in [2.75, 3.05) is 6.61 Å². The van der Waals surface area contributed by atoms with Gasteiger partial charge in [0.1, 0.15) is 6.04 Å². The summed E-state index contributed by atoms with van der Waals surface area (Å²) in [5.74, 6) is 0. The van der Waals surface area contributed by atoms with Gasteiger partial charge in [-0.3, -0.25) is 0 Å². The van der Waals surface area contributed by atoms with E-state index in [2.05, 4.69) is 12.2 Å². The molecule has 3 N–H and O–H groups in total. The van der Waals surface area contributed by atoms with Crippen molar-refractivity contribution >= 4 is 0 Å². The third-order valence-corrected chi connectivity index (χ3v) is 1.83. The van der Waals surface area contributed by atoms with Gasteiger partial charge in [0.2, 0.25) is 0 Å². The molecule has 1 aliphatic rings. The first-order valence-corrected chi connectivity index (χ1v) is 3.28. The van der Waals surface area contributed by atoms with Crippen LogP contribution in [0.4, 0.5) is 0 Å². The van der Waals surface area contributed by atoms with Gasteiger partial charge in [0.25, 0.3) is 0 Å². The van der Waals surface area contributed by atoms with Crippen LogP contribution in [0, 0.1) is 0 Å². The third-order valence-electron chi connectivity index (χ3n) is 1.83. The fraction of sp³-hybridized carbons (Fsp3) is 1.00. The molecule has 1 aliphatic heterocycles. The Balaban J connectivity index is 2.22. The molecule has 1 unspecified atom stereocenters. The molecular formula is C6H14NO+. The number of hydrogen-bond donors (Lipinski definition) is 2. The van der Waals surface area contributed by atoms with Gasteiger partial charge in [0.15, 0.2) is 0 Å². The molecule has 2 heteroatoms. The summed E-state index contributed by atoms with van der Waals surface area (Å²) < 4.78 is 0. The van der Waals surface area contributed by atoms with Crippen molar-refractivity contribution in [1.82, 2.24) is 0 Å². The summed E-state index contributed by atoms with van der Waals surface area (Å²) in [5, 5.41) is 10.9. The number of aliphatic hydroxyl groups is 1. The van der Waals surface area contributed by atoms with Gasteiger partial charge in [-0.1, -0.05) is 0 Å². The highest BCUT2D eigenvalue weighted by atomic mass is 16.3. The van der Waals surface area contributed by atoms with Crippen molar-refractivity contribution in [3.05, 3.63) is 0 Å². The summed E-state index contributed by atoms with van der Waals surface area (Å²) in [4.78, 5) is 0. The van der Waals surface area contributed by atoms with Crippen LogP contribution in [-0.4, -0.2) is 23.8 Å². The lowest BCUT2D eigenvalue weighted by Crippen LogP contribution is -2.91. The second-order valence-electron chi connectivity index (χ2n) is 2.69. The van der Waals surface area contributed by atoms with E-state index in [0.717, 1.165) is 6.04 Å². The number of aliphatic hydroxyl groups excluding tert-OH is 1. The minimum atomic E-state index is 0.352. The summed E-state index contributed by atoms with van der Waals surface area (Å²) in [6, 6.07) is 1.25. The SMILES string of the molecule is C[C@H]1CCC(CO)[NH2+]1. The topological polar surface area (TPSA) is 36.8 Å². The van der Waals surface area contributed by atoms with Crippen LogP contribution >= 0.6 is 0 Å². The quantitative estimate of drug-likeness (QED) is 0.457. The Morgan fingerprint density at radius 3 is 2.62 bits per heavy atom. The smallest absolute Gasteiger partial charge is 0.110 e. The Labute approximate surface area is 49.9 Å². The molecule has 0 aliphatic carbocycles. The zero-order valence-corrected chi connectivity index (χ0v) is 5.30. The molecule has 0 radical (unpaired) electrons. The first kappa shape index (κ1) is 6.05. The van der Waals surface area contributed by atoms with Crippen LogP contribution in [0.1, 0.15) is 19.8 Å². The molecule has 8 heavy (non-hydrogen) atoms. The van der Waals surface area contributed by atoms with Gasteiger partial charge in [0.05, 0.1) is 12.6 Å². The molecule has 0 saturated carbocycles. The molecule has 0 amide bonds. The van der Waals surface area contributed by atoms with Gasteiger partial charge < -0.3 is 10.4 Å². The largest absolute Gasteiger partial charge is 0.390 e. The molecule has 1 rings (SSSR count). The van der Waals surface area contributed by atoms with Gasteiger partial charge >= 0.3 is 0 Å². The van der Waals surface area contributed by atoms with Gasteiger partial charge in [-0.05, 0) is 6.92 Å². The van der Waals surface area contributed by atoms with Gasteiger partial charge in [-0.25, -0.2) is 0 Å². The number of nitrogens with two attached hydrogens (primary N) is 1. The Kier molecular flexibility index (Phi) is 1.86. The van der Waals surface area contributed by atoms with Crippen LogP contribution in [0.3, 0.4) is 0 Å². The van der Waals surface area contributed by atoms with Crippen LogP contribution in [0.15, 0.2) is 0 Å². The van der Waals surface area contributed by atoms with Crippen molar-refractivity contribution in [3.8, 4) is 0 Å². The summed E-state index contributed by atoms with van der Waals surface area (Å²) in [6.45, 7) is 2.56. The van der Waals surface area contributed by atoms with Crippen LogP contribution in [0.5, 0.6) is 0 Å². The molecule has 1 saturated heterocycles. The van der Waals surface area contributed by atoms with Crippen molar-refractivity contribution in [3.63, 3.8) is 0 Å². The van der Waals surface area contributed by atoms with Crippen molar-refractivity contribution in [1.29, 1.82) is 0 Å². The Hall–Kier alpha value is -0.0800. The lowest BCUT2D eigenvalue weighted by atomic mass is 10.2. The molecule has 0 bridgehead atoms. The molecule has 1 heterocycles. The molecule has 0 aromatic rings. The standard InChI is InChI=1S/C6H13NO/c1-5-2-3-6(4-8)7-5/h5-8H,2-4H2,1H3/p+1/t5-,6?/m0/s1. The normalized spacial score (nSPS) is 38.2. The predicted molar refractivity (Wildman–Crippen MR) is 31.5 cm³/mol. The van der Waals surface area contributed by atoms with E-state index in [9.17, 15) is 0 Å². The Bertz CT molecular complexity index is 74.9. The van der Waals surface area contributed by atoms with Crippen molar-refractivity contribution < 1.29 is 10.4 Å². The molecular weight excluding hydrogens is 102 g/mol. The van der Waals surface area contributed by atoms with E-state index in [1.807, 2.05) is 0 Å². The van der Waals surface area contributed by atoms with E-state index in [0.29, 0.717) is 12.6 Å². The first-order chi connectivity index (χ1) is 3.83. The van der Waals surface area contributed by atoms with Gasteiger partial charge in [-0.2, -0.15) is 0 Å². The lowest BCUT2D eigenvalue weighted by molar-refractivity contribution is -0.699. The molecule has 48 valence electrons. The zero-order chi connectivity index (χ0) is 5.98. The van der Waals surface area contributed by atoms with E-state index in [1.54, 1.807) is 0 Å². The fourth-order valence-corrected chi connectivity index (χ4v) is 1.29. The molecule has 0 spiro atoms. The zero-order valence-electron chi connectivity index (χ0n) is 5.30. The minimum absolute atomic E-state index is 0.352. The van der Waals surface area contributed by atoms with Crippen LogP contribution in [0.25, 0.3) is 0 Å². The average Bonchev–Trinajstić information content (AvgIpc) is 2.14. The molecule has 0 aromatic carbocycles. The highest BCUT2D eigenvalue weighted by Gasteiger charge is 2.22. The second-order valence-corrected chi connectivity index (χ2v) is 2.69. The summed E-state index contributed by atoms with van der Waals surface area (Å²) in [5.41, 5.74) is 0. The van der Waals surface area contributed by atoms with Gasteiger partial charge in [0, 0.05) is 12.8 Å². The average molecular weight is 116 g/mol. The van der Waals surface area contributed by atoms with Crippen LogP contribution in [0.2, 0.25) is 0 Å². The summed E-state index contributed by atoms with van der Waals surface area (Å²) >= 11 is 0. The highest BCUT2D eigenvalue weighted by molar-refractivity contribution is 4.62. The fourth-order valence-electron chi connectivity index (χ4n) is 1.29. The number of rotatable bonds is 1. The monoisotopic (exact) mass is 116 g/mol. The summed E-state index contributed by atoms with van der Waals surface area (Å²) in [7, 11) is 0. The lowest BCUT2D eigenvalue weighted by Gasteiger charge is -2.02. The molecule has 2 atom stereocenters. The Morgan fingerprint density at radius 1 is 1.62 bits per heavy atom. The van der Waals surface area contributed by atoms with E-state index >= 15 is 0 Å². The maximum atomic E-state index is 8.65.